The Morgan fingerprint density at radius 3 is 2.31 bits per heavy atom. The number of anilines is 1. The molecule has 1 aliphatic heterocycles. The Kier molecular flexibility index (Phi) is 4.68. The molecule has 3 rings (SSSR count). The lowest BCUT2D eigenvalue weighted by Gasteiger charge is -2.19. The summed E-state index contributed by atoms with van der Waals surface area (Å²) in [4.78, 5) is 9.20. The summed E-state index contributed by atoms with van der Waals surface area (Å²) in [5.74, 6) is 0.202. The van der Waals surface area contributed by atoms with Crippen molar-refractivity contribution in [2.75, 3.05) is 18.0 Å². The van der Waals surface area contributed by atoms with Gasteiger partial charge in [-0.15, -0.1) is 0 Å². The second-order valence-electron chi connectivity index (χ2n) is 5.76. The van der Waals surface area contributed by atoms with E-state index in [9.17, 15) is 26.3 Å². The van der Waals surface area contributed by atoms with Crippen LogP contribution in [0.15, 0.2) is 36.7 Å². The van der Waals surface area contributed by atoms with Gasteiger partial charge in [-0.1, -0.05) is 0 Å². The quantitative estimate of drug-likeness (QED) is 0.753. The number of rotatable bonds is 3. The molecule has 0 amide bonds. The van der Waals surface area contributed by atoms with Crippen LogP contribution in [0.1, 0.15) is 17.5 Å². The lowest BCUT2D eigenvalue weighted by molar-refractivity contribution is -0.138. The third-order valence-corrected chi connectivity index (χ3v) is 3.89. The Bertz CT molecular complexity index is 760. The van der Waals surface area contributed by atoms with Gasteiger partial charge in [0.1, 0.15) is 11.9 Å². The van der Waals surface area contributed by atoms with Crippen molar-refractivity contribution < 1.29 is 31.1 Å². The van der Waals surface area contributed by atoms with E-state index in [0.717, 1.165) is 30.5 Å². The first-order chi connectivity index (χ1) is 12.1. The number of pyridine rings is 2. The maximum Gasteiger partial charge on any atom is 0.417 e. The van der Waals surface area contributed by atoms with Crippen LogP contribution in [-0.2, 0) is 12.4 Å². The van der Waals surface area contributed by atoms with Gasteiger partial charge in [0.15, 0.2) is 0 Å². The molecular weight excluding hydrogens is 364 g/mol. The SMILES string of the molecule is FC(F)(F)c1ccc(OC2CCN(c3cc(C(F)(F)F)ccn3)C2)nc1. The molecule has 0 aromatic carbocycles. The van der Waals surface area contributed by atoms with E-state index in [1.807, 2.05) is 0 Å². The van der Waals surface area contributed by atoms with Crippen molar-refractivity contribution in [2.24, 2.45) is 0 Å². The van der Waals surface area contributed by atoms with Gasteiger partial charge >= 0.3 is 12.4 Å². The van der Waals surface area contributed by atoms with Crippen LogP contribution in [0.4, 0.5) is 32.2 Å². The van der Waals surface area contributed by atoms with Gasteiger partial charge in [-0.2, -0.15) is 26.3 Å². The smallest absolute Gasteiger partial charge is 0.417 e. The second-order valence-corrected chi connectivity index (χ2v) is 5.76. The molecule has 1 saturated heterocycles. The van der Waals surface area contributed by atoms with E-state index in [1.165, 1.54) is 0 Å². The highest BCUT2D eigenvalue weighted by molar-refractivity contribution is 5.43. The molecule has 0 bridgehead atoms. The predicted octanol–water partition coefficient (Wildman–Crippen LogP) is 4.17. The molecule has 0 spiro atoms. The molecule has 0 radical (unpaired) electrons. The summed E-state index contributed by atoms with van der Waals surface area (Å²) in [6.07, 6.45) is -7.10. The van der Waals surface area contributed by atoms with Gasteiger partial charge in [-0.3, -0.25) is 0 Å². The Labute approximate surface area is 144 Å². The summed E-state index contributed by atoms with van der Waals surface area (Å²) in [6, 6.07) is 3.83. The highest BCUT2D eigenvalue weighted by atomic mass is 19.4. The minimum Gasteiger partial charge on any atom is -0.472 e. The van der Waals surface area contributed by atoms with Crippen molar-refractivity contribution in [3.63, 3.8) is 0 Å². The van der Waals surface area contributed by atoms with Crippen molar-refractivity contribution in [3.8, 4) is 5.88 Å². The molecule has 1 fully saturated rings. The lowest BCUT2D eigenvalue weighted by atomic mass is 10.2. The van der Waals surface area contributed by atoms with Gasteiger partial charge in [0.05, 0.1) is 17.7 Å². The molecule has 0 saturated carbocycles. The maximum absolute atomic E-state index is 12.8. The standard InChI is InChI=1S/C16H13F6N3O/c17-15(18,19)10-3-5-23-13(7-10)25-6-4-12(9-25)26-14-2-1-11(8-24-14)16(20,21)22/h1-3,5,7-8,12H,4,6,9H2. The molecule has 10 heteroatoms. The van der Waals surface area contributed by atoms with Crippen LogP contribution in [0.2, 0.25) is 0 Å². The zero-order valence-electron chi connectivity index (χ0n) is 13.2. The molecule has 2 aromatic heterocycles. The number of alkyl halides is 6. The minimum absolute atomic E-state index is 0.0295. The van der Waals surface area contributed by atoms with E-state index >= 15 is 0 Å². The molecule has 3 heterocycles. The van der Waals surface area contributed by atoms with Crippen molar-refractivity contribution >= 4 is 5.82 Å². The second kappa shape index (κ2) is 6.65. The molecule has 140 valence electrons. The molecule has 4 nitrogen and oxygen atoms in total. The van der Waals surface area contributed by atoms with Crippen LogP contribution in [0, 0.1) is 0 Å². The lowest BCUT2D eigenvalue weighted by Crippen LogP contribution is -2.25. The number of nitrogens with zero attached hydrogens (tertiary/aromatic N) is 3. The summed E-state index contributed by atoms with van der Waals surface area (Å²) in [6.45, 7) is 0.677. The number of hydrogen-bond acceptors (Lipinski definition) is 4. The molecule has 1 unspecified atom stereocenters. The van der Waals surface area contributed by atoms with E-state index in [4.69, 9.17) is 4.74 Å². The van der Waals surface area contributed by atoms with Gasteiger partial charge in [-0.25, -0.2) is 9.97 Å². The zero-order valence-corrected chi connectivity index (χ0v) is 13.2. The average molecular weight is 377 g/mol. The van der Waals surface area contributed by atoms with Crippen molar-refractivity contribution in [3.05, 3.63) is 47.8 Å². The summed E-state index contributed by atoms with van der Waals surface area (Å²) in [5.41, 5.74) is -1.68. The number of ether oxygens (including phenoxy) is 1. The highest BCUT2D eigenvalue weighted by Crippen LogP contribution is 2.32. The highest BCUT2D eigenvalue weighted by Gasteiger charge is 2.33. The van der Waals surface area contributed by atoms with Crippen LogP contribution in [0.5, 0.6) is 5.88 Å². The van der Waals surface area contributed by atoms with E-state index in [0.29, 0.717) is 19.2 Å². The minimum atomic E-state index is -4.48. The molecular formula is C16H13F6N3O. The molecule has 26 heavy (non-hydrogen) atoms. The monoisotopic (exact) mass is 377 g/mol. The van der Waals surface area contributed by atoms with E-state index < -0.39 is 29.6 Å². The molecule has 1 aliphatic rings. The van der Waals surface area contributed by atoms with Gasteiger partial charge in [0, 0.05) is 31.4 Å². The maximum atomic E-state index is 12.8. The third-order valence-electron chi connectivity index (χ3n) is 3.89. The first kappa shape index (κ1) is 18.3. The van der Waals surface area contributed by atoms with Crippen molar-refractivity contribution in [2.45, 2.75) is 24.9 Å². The fourth-order valence-corrected chi connectivity index (χ4v) is 2.59. The van der Waals surface area contributed by atoms with E-state index in [2.05, 4.69) is 9.97 Å². The van der Waals surface area contributed by atoms with Gasteiger partial charge in [0.2, 0.25) is 5.88 Å². The van der Waals surface area contributed by atoms with Gasteiger partial charge < -0.3 is 9.64 Å². The molecule has 0 aliphatic carbocycles. The predicted molar refractivity (Wildman–Crippen MR) is 79.7 cm³/mol. The van der Waals surface area contributed by atoms with E-state index in [1.54, 1.807) is 4.90 Å². The summed E-state index contributed by atoms with van der Waals surface area (Å²) < 4.78 is 81.4. The largest absolute Gasteiger partial charge is 0.472 e. The number of halogens is 6. The van der Waals surface area contributed by atoms with Crippen molar-refractivity contribution in [1.82, 2.24) is 9.97 Å². The number of hydrogen-bond donors (Lipinski definition) is 0. The van der Waals surface area contributed by atoms with Gasteiger partial charge in [-0.05, 0) is 18.2 Å². The van der Waals surface area contributed by atoms with Gasteiger partial charge in [0.25, 0.3) is 0 Å². The Morgan fingerprint density at radius 1 is 0.962 bits per heavy atom. The molecule has 1 atom stereocenters. The first-order valence-electron chi connectivity index (χ1n) is 7.61. The molecule has 0 N–H and O–H groups in total. The topological polar surface area (TPSA) is 38.2 Å². The number of aromatic nitrogens is 2. The molecule has 2 aromatic rings. The van der Waals surface area contributed by atoms with Crippen molar-refractivity contribution in [1.29, 1.82) is 0 Å². The fourth-order valence-electron chi connectivity index (χ4n) is 2.59. The zero-order chi connectivity index (χ0) is 18.9. The van der Waals surface area contributed by atoms with Crippen LogP contribution >= 0.6 is 0 Å². The van der Waals surface area contributed by atoms with E-state index in [-0.39, 0.29) is 18.2 Å². The summed E-state index contributed by atoms with van der Waals surface area (Å²) in [7, 11) is 0. The average Bonchev–Trinajstić information content (AvgIpc) is 3.02. The van der Waals surface area contributed by atoms with Crippen LogP contribution < -0.4 is 9.64 Å². The first-order valence-corrected chi connectivity index (χ1v) is 7.61. The Hall–Kier alpha value is -2.52. The third kappa shape index (κ3) is 4.17. The normalized spacial score (nSPS) is 18.2. The van der Waals surface area contributed by atoms with Crippen LogP contribution in [0.25, 0.3) is 0 Å². The Morgan fingerprint density at radius 2 is 1.69 bits per heavy atom. The summed E-state index contributed by atoms with van der Waals surface area (Å²) >= 11 is 0. The Balaban J connectivity index is 1.64. The van der Waals surface area contributed by atoms with Crippen LogP contribution in [0.3, 0.4) is 0 Å². The fraction of sp³-hybridized carbons (Fsp3) is 0.375. The summed E-state index contributed by atoms with van der Waals surface area (Å²) in [5, 5.41) is 0. The van der Waals surface area contributed by atoms with Crippen LogP contribution in [-0.4, -0.2) is 29.2 Å².